The van der Waals surface area contributed by atoms with Crippen LogP contribution in [0.3, 0.4) is 0 Å². The van der Waals surface area contributed by atoms with Crippen LogP contribution in [0.25, 0.3) is 10.8 Å². The smallest absolute Gasteiger partial charge is 0.259 e. The molecule has 0 atom stereocenters. The molecule has 0 aromatic heterocycles. The number of nitrogens with one attached hydrogen (secondary N) is 1. The van der Waals surface area contributed by atoms with Crippen molar-refractivity contribution in [3.8, 4) is 5.75 Å². The van der Waals surface area contributed by atoms with E-state index in [0.717, 1.165) is 10.9 Å². The Balaban J connectivity index is 2.05. The van der Waals surface area contributed by atoms with E-state index in [9.17, 15) is 14.7 Å². The highest BCUT2D eigenvalue weighted by molar-refractivity contribution is 6.12. The number of aryl methyl sites for hydroxylation is 1. The number of benzene rings is 3. The van der Waals surface area contributed by atoms with Crippen LogP contribution in [-0.4, -0.2) is 17.3 Å². The Morgan fingerprint density at radius 2 is 1.78 bits per heavy atom. The molecule has 3 aromatic carbocycles. The lowest BCUT2D eigenvalue weighted by Gasteiger charge is -2.11. The van der Waals surface area contributed by atoms with Gasteiger partial charge in [-0.2, -0.15) is 0 Å². The number of hydrogen-bond donors (Lipinski definition) is 2. The van der Waals surface area contributed by atoms with Gasteiger partial charge in [-0.05, 0) is 35.9 Å². The maximum Gasteiger partial charge on any atom is 0.259 e. The third kappa shape index (κ3) is 2.79. The fourth-order valence-corrected chi connectivity index (χ4v) is 2.49. The minimum Gasteiger partial charge on any atom is -0.506 e. The van der Waals surface area contributed by atoms with Gasteiger partial charge in [0.15, 0.2) is 6.29 Å². The Hall–Kier alpha value is -3.14. The average Bonchev–Trinajstić information content (AvgIpc) is 2.56. The molecular formula is C19H15NO3. The van der Waals surface area contributed by atoms with E-state index in [0.29, 0.717) is 17.4 Å². The second-order valence-corrected chi connectivity index (χ2v) is 5.35. The van der Waals surface area contributed by atoms with Gasteiger partial charge in [0.2, 0.25) is 0 Å². The summed E-state index contributed by atoms with van der Waals surface area (Å²) in [7, 11) is 0. The number of aldehydes is 1. The van der Waals surface area contributed by atoms with Crippen LogP contribution < -0.4 is 5.32 Å². The van der Waals surface area contributed by atoms with Gasteiger partial charge in [-0.15, -0.1) is 0 Å². The Bertz CT molecular complexity index is 898. The van der Waals surface area contributed by atoms with Crippen molar-refractivity contribution in [2.75, 3.05) is 5.32 Å². The minimum absolute atomic E-state index is 0.0753. The third-order valence-corrected chi connectivity index (χ3v) is 3.73. The molecule has 0 aliphatic carbocycles. The summed E-state index contributed by atoms with van der Waals surface area (Å²) in [5, 5.41) is 14.4. The summed E-state index contributed by atoms with van der Waals surface area (Å²) < 4.78 is 0. The van der Waals surface area contributed by atoms with Crippen LogP contribution in [0, 0.1) is 6.92 Å². The lowest BCUT2D eigenvalue weighted by atomic mass is 9.99. The van der Waals surface area contributed by atoms with Gasteiger partial charge in [0.05, 0.1) is 11.1 Å². The van der Waals surface area contributed by atoms with Crippen LogP contribution in [0.5, 0.6) is 5.75 Å². The van der Waals surface area contributed by atoms with Gasteiger partial charge < -0.3 is 10.4 Å². The van der Waals surface area contributed by atoms with Crippen molar-refractivity contribution < 1.29 is 14.7 Å². The monoisotopic (exact) mass is 305 g/mol. The number of hydrogen-bond acceptors (Lipinski definition) is 3. The summed E-state index contributed by atoms with van der Waals surface area (Å²) in [6.45, 7) is 1.96. The molecule has 0 unspecified atom stereocenters. The Labute approximate surface area is 133 Å². The first kappa shape index (κ1) is 14.8. The number of rotatable bonds is 3. The van der Waals surface area contributed by atoms with E-state index in [1.165, 1.54) is 0 Å². The van der Waals surface area contributed by atoms with Crippen molar-refractivity contribution in [2.45, 2.75) is 6.92 Å². The first-order valence-corrected chi connectivity index (χ1v) is 7.18. The molecule has 0 saturated carbocycles. The Morgan fingerprint density at radius 3 is 2.48 bits per heavy atom. The molecule has 0 aliphatic heterocycles. The summed E-state index contributed by atoms with van der Waals surface area (Å²) >= 11 is 0. The molecule has 0 saturated heterocycles. The highest BCUT2D eigenvalue weighted by Crippen LogP contribution is 2.30. The standard InChI is InChI=1S/C19H15NO3/c1-12-6-8-14(9-7-12)20-19(23)16-10-13-4-2-3-5-15(13)17(11-21)18(16)22/h2-11,22H,1H3,(H,20,23). The lowest BCUT2D eigenvalue weighted by molar-refractivity contribution is 0.102. The number of aromatic hydroxyl groups is 1. The minimum atomic E-state index is -0.458. The zero-order valence-corrected chi connectivity index (χ0v) is 12.5. The number of phenols is 1. The van der Waals surface area contributed by atoms with Crippen molar-refractivity contribution >= 4 is 28.7 Å². The van der Waals surface area contributed by atoms with Gasteiger partial charge in [-0.1, -0.05) is 42.0 Å². The molecule has 0 spiro atoms. The van der Waals surface area contributed by atoms with E-state index in [2.05, 4.69) is 5.32 Å². The molecule has 4 nitrogen and oxygen atoms in total. The van der Waals surface area contributed by atoms with Crippen molar-refractivity contribution in [3.63, 3.8) is 0 Å². The molecule has 23 heavy (non-hydrogen) atoms. The first-order chi connectivity index (χ1) is 11.1. The van der Waals surface area contributed by atoms with Crippen LogP contribution in [0.15, 0.2) is 54.6 Å². The molecular weight excluding hydrogens is 290 g/mol. The maximum atomic E-state index is 12.4. The molecule has 4 heteroatoms. The summed E-state index contributed by atoms with van der Waals surface area (Å²) in [5.74, 6) is -0.761. The molecule has 2 N–H and O–H groups in total. The molecule has 0 aliphatic rings. The predicted molar refractivity (Wildman–Crippen MR) is 90.1 cm³/mol. The van der Waals surface area contributed by atoms with Crippen LogP contribution >= 0.6 is 0 Å². The summed E-state index contributed by atoms with van der Waals surface area (Å²) in [5.41, 5.74) is 1.91. The van der Waals surface area contributed by atoms with E-state index in [1.54, 1.807) is 36.4 Å². The summed E-state index contributed by atoms with van der Waals surface area (Å²) in [4.78, 5) is 23.8. The number of carbonyl (C=O) groups excluding carboxylic acids is 2. The van der Waals surface area contributed by atoms with Gasteiger partial charge in [-0.3, -0.25) is 9.59 Å². The highest BCUT2D eigenvalue weighted by atomic mass is 16.3. The maximum absolute atomic E-state index is 12.4. The summed E-state index contributed by atoms with van der Waals surface area (Å²) in [6.07, 6.45) is 0.570. The van der Waals surface area contributed by atoms with Crippen LogP contribution in [0.1, 0.15) is 26.3 Å². The van der Waals surface area contributed by atoms with Crippen LogP contribution in [0.4, 0.5) is 5.69 Å². The first-order valence-electron chi connectivity index (χ1n) is 7.18. The number of phenolic OH excluding ortho intramolecular Hbond substituents is 1. The third-order valence-electron chi connectivity index (χ3n) is 3.73. The SMILES string of the molecule is Cc1ccc(NC(=O)c2cc3ccccc3c(C=O)c2O)cc1. The molecule has 0 bridgehead atoms. The number of fused-ring (bicyclic) bond motifs is 1. The summed E-state index contributed by atoms with van der Waals surface area (Å²) in [6, 6.07) is 16.0. The molecule has 3 aromatic rings. The quantitative estimate of drug-likeness (QED) is 0.721. The second-order valence-electron chi connectivity index (χ2n) is 5.35. The largest absolute Gasteiger partial charge is 0.506 e. The van der Waals surface area contributed by atoms with Crippen LogP contribution in [-0.2, 0) is 0 Å². The molecule has 1 amide bonds. The van der Waals surface area contributed by atoms with Gasteiger partial charge in [0.1, 0.15) is 5.75 Å². The van der Waals surface area contributed by atoms with Gasteiger partial charge >= 0.3 is 0 Å². The Kier molecular flexibility index (Phi) is 3.81. The lowest BCUT2D eigenvalue weighted by Crippen LogP contribution is -2.13. The predicted octanol–water partition coefficient (Wildman–Crippen LogP) is 3.92. The highest BCUT2D eigenvalue weighted by Gasteiger charge is 2.17. The zero-order chi connectivity index (χ0) is 16.4. The van der Waals surface area contributed by atoms with Gasteiger partial charge in [0.25, 0.3) is 5.91 Å². The van der Waals surface area contributed by atoms with E-state index < -0.39 is 5.91 Å². The zero-order valence-electron chi connectivity index (χ0n) is 12.5. The molecule has 0 fully saturated rings. The van der Waals surface area contributed by atoms with Crippen LogP contribution in [0.2, 0.25) is 0 Å². The topological polar surface area (TPSA) is 66.4 Å². The van der Waals surface area contributed by atoms with Crippen molar-refractivity contribution in [1.82, 2.24) is 0 Å². The van der Waals surface area contributed by atoms with E-state index in [4.69, 9.17) is 0 Å². The molecule has 0 radical (unpaired) electrons. The van der Waals surface area contributed by atoms with E-state index >= 15 is 0 Å². The van der Waals surface area contributed by atoms with Crippen molar-refractivity contribution in [1.29, 1.82) is 0 Å². The number of carbonyl (C=O) groups is 2. The fraction of sp³-hybridized carbons (Fsp3) is 0.0526. The van der Waals surface area contributed by atoms with E-state index in [1.807, 2.05) is 25.1 Å². The molecule has 114 valence electrons. The number of anilines is 1. The molecule has 0 heterocycles. The van der Waals surface area contributed by atoms with Crippen molar-refractivity contribution in [2.24, 2.45) is 0 Å². The second kappa shape index (κ2) is 5.93. The van der Waals surface area contributed by atoms with Crippen molar-refractivity contribution in [3.05, 3.63) is 71.3 Å². The average molecular weight is 305 g/mol. The van der Waals surface area contributed by atoms with Gasteiger partial charge in [0, 0.05) is 5.69 Å². The number of amides is 1. The normalized spacial score (nSPS) is 10.5. The molecule has 3 rings (SSSR count). The Morgan fingerprint density at radius 1 is 1.09 bits per heavy atom. The van der Waals surface area contributed by atoms with Gasteiger partial charge in [-0.25, -0.2) is 0 Å². The van der Waals surface area contributed by atoms with E-state index in [-0.39, 0.29) is 16.9 Å². The fourth-order valence-electron chi connectivity index (χ4n) is 2.49.